The smallest absolute Gasteiger partial charge is 0.325 e. The molecule has 1 heterocycles. The predicted molar refractivity (Wildman–Crippen MR) is 117 cm³/mol. The van der Waals surface area contributed by atoms with Gasteiger partial charge in [0.2, 0.25) is 23.6 Å². The van der Waals surface area contributed by atoms with Crippen LogP contribution in [0.5, 0.6) is 0 Å². The van der Waals surface area contributed by atoms with Gasteiger partial charge in [-0.05, 0) is 44.6 Å². The molecule has 6 N–H and O–H groups in total. The van der Waals surface area contributed by atoms with Crippen LogP contribution in [0.25, 0.3) is 0 Å². The molecule has 0 radical (unpaired) electrons. The first-order valence-electron chi connectivity index (χ1n) is 11.1. The van der Waals surface area contributed by atoms with Gasteiger partial charge in [-0.25, -0.2) is 0 Å². The molecule has 0 unspecified atom stereocenters. The Hall–Kier alpha value is -2.69. The van der Waals surface area contributed by atoms with Crippen LogP contribution in [-0.2, 0) is 24.0 Å². The average Bonchev–Trinajstić information content (AvgIpc) is 3.23. The third-order valence-corrected chi connectivity index (χ3v) is 5.13. The lowest BCUT2D eigenvalue weighted by Gasteiger charge is -2.24. The van der Waals surface area contributed by atoms with Crippen LogP contribution in [-0.4, -0.2) is 72.0 Å². The number of rotatable bonds is 12. The summed E-state index contributed by atoms with van der Waals surface area (Å²) in [4.78, 5) is 60.6. The normalized spacial score (nSPS) is 18.5. The topological polar surface area (TPSA) is 166 Å². The van der Waals surface area contributed by atoms with E-state index in [4.69, 9.17) is 5.11 Å². The van der Waals surface area contributed by atoms with Crippen LogP contribution in [0.4, 0.5) is 0 Å². The molecule has 1 fully saturated rings. The van der Waals surface area contributed by atoms with E-state index >= 15 is 0 Å². The first kappa shape index (κ1) is 27.3. The third-order valence-electron chi connectivity index (χ3n) is 5.13. The Bertz CT molecular complexity index is 690. The first-order valence-corrected chi connectivity index (χ1v) is 11.1. The van der Waals surface area contributed by atoms with Crippen molar-refractivity contribution in [3.05, 3.63) is 0 Å². The van der Waals surface area contributed by atoms with Crippen LogP contribution >= 0.6 is 0 Å². The van der Waals surface area contributed by atoms with Gasteiger partial charge in [0, 0.05) is 0 Å². The highest BCUT2D eigenvalue weighted by Gasteiger charge is 2.29. The molecule has 11 heteroatoms. The molecule has 0 aliphatic carbocycles. The summed E-state index contributed by atoms with van der Waals surface area (Å²) in [5.74, 6) is -3.29. The van der Waals surface area contributed by atoms with Crippen LogP contribution in [0.15, 0.2) is 0 Å². The van der Waals surface area contributed by atoms with Crippen molar-refractivity contribution in [2.24, 2.45) is 11.8 Å². The molecule has 11 nitrogen and oxygen atoms in total. The van der Waals surface area contributed by atoms with Gasteiger partial charge in [0.15, 0.2) is 0 Å². The Kier molecular flexibility index (Phi) is 11.1. The van der Waals surface area contributed by atoms with E-state index in [1.165, 1.54) is 6.92 Å². The van der Waals surface area contributed by atoms with Crippen LogP contribution in [0.2, 0.25) is 0 Å². The fraction of sp³-hybridized carbons (Fsp3) is 0.762. The fourth-order valence-corrected chi connectivity index (χ4v) is 3.30. The largest absolute Gasteiger partial charge is 0.480 e. The molecule has 0 spiro atoms. The highest BCUT2D eigenvalue weighted by atomic mass is 16.4. The molecule has 0 aromatic carbocycles. The van der Waals surface area contributed by atoms with E-state index in [2.05, 4.69) is 26.6 Å². The van der Waals surface area contributed by atoms with Gasteiger partial charge in [0.25, 0.3) is 0 Å². The van der Waals surface area contributed by atoms with Crippen molar-refractivity contribution in [1.82, 2.24) is 26.6 Å². The maximum Gasteiger partial charge on any atom is 0.325 e. The van der Waals surface area contributed by atoms with Crippen LogP contribution in [0.1, 0.15) is 53.9 Å². The summed E-state index contributed by atoms with van der Waals surface area (Å²) in [6.45, 7) is 8.97. The van der Waals surface area contributed by atoms with Gasteiger partial charge in [-0.15, -0.1) is 0 Å². The quantitative estimate of drug-likeness (QED) is 0.222. The molecule has 182 valence electrons. The number of hydrogen-bond acceptors (Lipinski definition) is 6. The zero-order valence-corrected chi connectivity index (χ0v) is 19.5. The van der Waals surface area contributed by atoms with Gasteiger partial charge < -0.3 is 31.7 Å². The first-order chi connectivity index (χ1) is 14.9. The molecule has 4 atom stereocenters. The second-order valence-corrected chi connectivity index (χ2v) is 8.92. The molecule has 4 amide bonds. The molecule has 0 aromatic rings. The average molecular weight is 456 g/mol. The van der Waals surface area contributed by atoms with Crippen molar-refractivity contribution in [2.75, 3.05) is 13.1 Å². The van der Waals surface area contributed by atoms with Gasteiger partial charge in [-0.2, -0.15) is 0 Å². The number of carboxylic acids is 1. The van der Waals surface area contributed by atoms with Crippen LogP contribution < -0.4 is 26.6 Å². The highest BCUT2D eigenvalue weighted by molar-refractivity contribution is 5.94. The minimum atomic E-state index is -1.19. The van der Waals surface area contributed by atoms with Crippen molar-refractivity contribution < 1.29 is 29.1 Å². The summed E-state index contributed by atoms with van der Waals surface area (Å²) < 4.78 is 0. The number of nitrogens with one attached hydrogen (secondary N) is 5. The number of hydrogen-bond donors (Lipinski definition) is 6. The van der Waals surface area contributed by atoms with Crippen LogP contribution in [0.3, 0.4) is 0 Å². The highest BCUT2D eigenvalue weighted by Crippen LogP contribution is 2.09. The van der Waals surface area contributed by atoms with Gasteiger partial charge in [0.1, 0.15) is 18.1 Å². The van der Waals surface area contributed by atoms with Gasteiger partial charge in [-0.3, -0.25) is 24.0 Å². The Morgan fingerprint density at radius 1 is 0.969 bits per heavy atom. The molecular formula is C21H37N5O6. The minimum absolute atomic E-state index is 0.140. The van der Waals surface area contributed by atoms with Crippen molar-refractivity contribution >= 4 is 29.6 Å². The third kappa shape index (κ3) is 9.21. The lowest BCUT2D eigenvalue weighted by Crippen LogP contribution is -2.56. The molecule has 0 bridgehead atoms. The van der Waals surface area contributed by atoms with Gasteiger partial charge >= 0.3 is 5.97 Å². The summed E-state index contributed by atoms with van der Waals surface area (Å²) in [5, 5.41) is 22.1. The lowest BCUT2D eigenvalue weighted by atomic mass is 10.0. The summed E-state index contributed by atoms with van der Waals surface area (Å²) in [5.41, 5.74) is 0. The number of carbonyl (C=O) groups is 5. The lowest BCUT2D eigenvalue weighted by molar-refractivity contribution is -0.142. The minimum Gasteiger partial charge on any atom is -0.480 e. The Morgan fingerprint density at radius 3 is 2.12 bits per heavy atom. The number of carboxylic acid groups (broad SMARTS) is 1. The summed E-state index contributed by atoms with van der Waals surface area (Å²) in [7, 11) is 0. The maximum atomic E-state index is 12.6. The number of carbonyl (C=O) groups excluding carboxylic acids is 4. The summed E-state index contributed by atoms with van der Waals surface area (Å²) in [6, 6.07) is -3.16. The summed E-state index contributed by atoms with van der Waals surface area (Å²) >= 11 is 0. The second kappa shape index (κ2) is 13.0. The Labute approximate surface area is 188 Å². The molecule has 32 heavy (non-hydrogen) atoms. The Morgan fingerprint density at radius 2 is 1.62 bits per heavy atom. The van der Waals surface area contributed by atoms with E-state index in [1.54, 1.807) is 13.8 Å². The number of aliphatic carboxylic acids is 1. The van der Waals surface area contributed by atoms with Crippen molar-refractivity contribution in [3.63, 3.8) is 0 Å². The van der Waals surface area contributed by atoms with Crippen molar-refractivity contribution in [1.29, 1.82) is 0 Å². The van der Waals surface area contributed by atoms with E-state index < -0.39 is 41.8 Å². The molecule has 0 aromatic heterocycles. The molecule has 1 aliphatic heterocycles. The molecule has 1 rings (SSSR count). The zero-order valence-electron chi connectivity index (χ0n) is 19.5. The fourth-order valence-electron chi connectivity index (χ4n) is 3.30. The van der Waals surface area contributed by atoms with E-state index in [0.29, 0.717) is 12.8 Å². The predicted octanol–water partition coefficient (Wildman–Crippen LogP) is -0.884. The van der Waals surface area contributed by atoms with Gasteiger partial charge in [-0.1, -0.05) is 27.7 Å². The zero-order chi connectivity index (χ0) is 24.4. The molecule has 1 saturated heterocycles. The van der Waals surface area contributed by atoms with Crippen molar-refractivity contribution in [3.8, 4) is 0 Å². The van der Waals surface area contributed by atoms with Crippen LogP contribution in [0, 0.1) is 11.8 Å². The molecule has 1 aliphatic rings. The molecule has 0 saturated carbocycles. The molecular weight excluding hydrogens is 418 g/mol. The standard InChI is InChI=1S/C21H37N5O6/c1-11(2)9-15(25-19(29)14-7-6-8-22-14)18(28)23-10-16(27)26-17(12(3)4)20(30)24-13(5)21(31)32/h11-15,17,22H,6-10H2,1-5H3,(H,23,28)(H,24,30)(H,25,29)(H,26,27)(H,31,32)/t13-,14-,15-,17-/m0/s1. The van der Waals surface area contributed by atoms with E-state index in [9.17, 15) is 24.0 Å². The van der Waals surface area contributed by atoms with Gasteiger partial charge in [0.05, 0.1) is 12.6 Å². The summed E-state index contributed by atoms with van der Waals surface area (Å²) in [6.07, 6.45) is 2.02. The number of amides is 4. The van der Waals surface area contributed by atoms with E-state index in [-0.39, 0.29) is 30.3 Å². The Balaban J connectivity index is 2.64. The van der Waals surface area contributed by atoms with E-state index in [1.807, 2.05) is 13.8 Å². The monoisotopic (exact) mass is 455 g/mol. The van der Waals surface area contributed by atoms with E-state index in [0.717, 1.165) is 13.0 Å². The SMILES string of the molecule is CC(C)C[C@H](NC(=O)[C@@H]1CCCN1)C(=O)NCC(=O)N[C@H](C(=O)N[C@@H](C)C(=O)O)C(C)C. The second-order valence-electron chi connectivity index (χ2n) is 8.92. The maximum absolute atomic E-state index is 12.6. The van der Waals surface area contributed by atoms with Crippen molar-refractivity contribution in [2.45, 2.75) is 78.0 Å².